The van der Waals surface area contributed by atoms with Crippen LogP contribution >= 0.6 is 15.9 Å². The van der Waals surface area contributed by atoms with Gasteiger partial charge in [0.1, 0.15) is 0 Å². The van der Waals surface area contributed by atoms with Gasteiger partial charge in [-0.2, -0.15) is 0 Å². The van der Waals surface area contributed by atoms with Gasteiger partial charge in [0.2, 0.25) is 0 Å². The molecule has 0 spiro atoms. The van der Waals surface area contributed by atoms with Crippen LogP contribution in [0.3, 0.4) is 0 Å². The molecule has 2 aliphatic heterocycles. The van der Waals surface area contributed by atoms with Crippen molar-refractivity contribution < 1.29 is 4.79 Å². The number of hydrogen-bond donors (Lipinski definition) is 2. The summed E-state index contributed by atoms with van der Waals surface area (Å²) in [5.41, 5.74) is 1.16. The van der Waals surface area contributed by atoms with Crippen molar-refractivity contribution in [1.82, 2.24) is 15.5 Å². The van der Waals surface area contributed by atoms with Gasteiger partial charge in [-0.1, -0.05) is 34.1 Å². The Bertz CT molecular complexity index is 488. The van der Waals surface area contributed by atoms with Crippen LogP contribution in [0.1, 0.15) is 24.4 Å². The van der Waals surface area contributed by atoms with Gasteiger partial charge in [0.05, 0.1) is 6.04 Å². The van der Waals surface area contributed by atoms with Gasteiger partial charge >= 0.3 is 6.03 Å². The molecule has 2 N–H and O–H groups in total. The van der Waals surface area contributed by atoms with Gasteiger partial charge < -0.3 is 15.5 Å². The van der Waals surface area contributed by atoms with Crippen molar-refractivity contribution in [2.75, 3.05) is 26.2 Å². The van der Waals surface area contributed by atoms with Gasteiger partial charge in [-0.15, -0.1) is 0 Å². The van der Waals surface area contributed by atoms with Crippen molar-refractivity contribution in [2.45, 2.75) is 18.9 Å². The van der Waals surface area contributed by atoms with Crippen LogP contribution in [0.5, 0.6) is 0 Å². The Kier molecular flexibility index (Phi) is 4.27. The lowest BCUT2D eigenvalue weighted by atomic mass is 9.97. The second-order valence-electron chi connectivity index (χ2n) is 5.62. The maximum atomic E-state index is 12.1. The van der Waals surface area contributed by atoms with Gasteiger partial charge in [-0.3, -0.25) is 0 Å². The number of amides is 2. The standard InChI is InChI=1S/C15H20BrN3O/c16-13-4-2-1-3-12(13)14-10-19(15(20)18-14)9-11-5-7-17-8-6-11/h1-4,11,14,17H,5-10H2,(H,18,20). The Morgan fingerprint density at radius 3 is 2.75 bits per heavy atom. The lowest BCUT2D eigenvalue weighted by Crippen LogP contribution is -2.37. The maximum absolute atomic E-state index is 12.1. The smallest absolute Gasteiger partial charge is 0.318 e. The molecule has 1 aromatic carbocycles. The van der Waals surface area contributed by atoms with E-state index in [-0.39, 0.29) is 12.1 Å². The molecule has 20 heavy (non-hydrogen) atoms. The maximum Gasteiger partial charge on any atom is 0.318 e. The fourth-order valence-electron chi connectivity index (χ4n) is 3.06. The van der Waals surface area contributed by atoms with Crippen molar-refractivity contribution >= 4 is 22.0 Å². The molecule has 0 aromatic heterocycles. The summed E-state index contributed by atoms with van der Waals surface area (Å²) in [7, 11) is 0. The Balaban J connectivity index is 1.64. The third-order valence-corrected chi connectivity index (χ3v) is 4.93. The minimum Gasteiger partial charge on any atom is -0.329 e. The zero-order valence-electron chi connectivity index (χ0n) is 11.4. The molecule has 2 fully saturated rings. The van der Waals surface area contributed by atoms with Gasteiger partial charge in [0.25, 0.3) is 0 Å². The summed E-state index contributed by atoms with van der Waals surface area (Å²) in [4.78, 5) is 14.1. The molecule has 5 heteroatoms. The second-order valence-corrected chi connectivity index (χ2v) is 6.48. The van der Waals surface area contributed by atoms with Crippen LogP contribution in [0.4, 0.5) is 4.79 Å². The number of carbonyl (C=O) groups excluding carboxylic acids is 1. The molecule has 2 aliphatic rings. The van der Waals surface area contributed by atoms with Crippen LogP contribution in [-0.4, -0.2) is 37.1 Å². The number of piperidine rings is 1. The van der Waals surface area contributed by atoms with E-state index in [4.69, 9.17) is 0 Å². The number of rotatable bonds is 3. The van der Waals surface area contributed by atoms with Crippen LogP contribution < -0.4 is 10.6 Å². The van der Waals surface area contributed by atoms with Crippen molar-refractivity contribution in [2.24, 2.45) is 5.92 Å². The summed E-state index contributed by atoms with van der Waals surface area (Å²) in [5, 5.41) is 6.46. The summed E-state index contributed by atoms with van der Waals surface area (Å²) in [5.74, 6) is 0.639. The summed E-state index contributed by atoms with van der Waals surface area (Å²) < 4.78 is 1.06. The Hall–Kier alpha value is -1.07. The predicted molar refractivity (Wildman–Crippen MR) is 82.6 cm³/mol. The Morgan fingerprint density at radius 2 is 2.00 bits per heavy atom. The second kappa shape index (κ2) is 6.14. The van der Waals surface area contributed by atoms with Crippen LogP contribution in [0, 0.1) is 5.92 Å². The van der Waals surface area contributed by atoms with E-state index in [1.165, 1.54) is 12.8 Å². The molecule has 1 aromatic rings. The Morgan fingerprint density at radius 1 is 1.25 bits per heavy atom. The minimum absolute atomic E-state index is 0.0734. The molecule has 3 rings (SSSR count). The summed E-state index contributed by atoms with van der Waals surface area (Å²) in [6.45, 7) is 3.81. The van der Waals surface area contributed by atoms with E-state index in [9.17, 15) is 4.79 Å². The van der Waals surface area contributed by atoms with E-state index >= 15 is 0 Å². The van der Waals surface area contributed by atoms with E-state index in [0.717, 1.165) is 36.2 Å². The molecule has 1 unspecified atom stereocenters. The van der Waals surface area contributed by atoms with Gasteiger partial charge in [-0.05, 0) is 43.5 Å². The summed E-state index contributed by atoms with van der Waals surface area (Å²) in [6.07, 6.45) is 2.34. The normalized spacial score (nSPS) is 23.9. The number of carbonyl (C=O) groups is 1. The average Bonchev–Trinajstić information content (AvgIpc) is 2.81. The van der Waals surface area contributed by atoms with Gasteiger partial charge in [0.15, 0.2) is 0 Å². The number of nitrogens with zero attached hydrogens (tertiary/aromatic N) is 1. The predicted octanol–water partition coefficient (Wildman–Crippen LogP) is 2.52. The summed E-state index contributed by atoms with van der Waals surface area (Å²) in [6, 6.07) is 8.28. The monoisotopic (exact) mass is 337 g/mol. The van der Waals surface area contributed by atoms with E-state index in [1.54, 1.807) is 0 Å². The lowest BCUT2D eigenvalue weighted by molar-refractivity contribution is 0.201. The van der Waals surface area contributed by atoms with Crippen LogP contribution in [-0.2, 0) is 0 Å². The number of benzene rings is 1. The highest BCUT2D eigenvalue weighted by molar-refractivity contribution is 9.10. The van der Waals surface area contributed by atoms with Crippen molar-refractivity contribution in [3.05, 3.63) is 34.3 Å². The molecule has 1 atom stereocenters. The number of nitrogens with one attached hydrogen (secondary N) is 2. The van der Waals surface area contributed by atoms with Crippen LogP contribution in [0.15, 0.2) is 28.7 Å². The van der Waals surface area contributed by atoms with Gasteiger partial charge in [0, 0.05) is 17.6 Å². The molecule has 0 bridgehead atoms. The number of hydrogen-bond acceptors (Lipinski definition) is 2. The first-order valence-electron chi connectivity index (χ1n) is 7.24. The van der Waals surface area contributed by atoms with Crippen molar-refractivity contribution in [3.63, 3.8) is 0 Å². The van der Waals surface area contributed by atoms with Crippen molar-refractivity contribution in [1.29, 1.82) is 0 Å². The Labute approximate surface area is 128 Å². The molecule has 2 saturated heterocycles. The quantitative estimate of drug-likeness (QED) is 0.890. The molecular formula is C15H20BrN3O. The molecule has 0 aliphatic carbocycles. The lowest BCUT2D eigenvalue weighted by Gasteiger charge is -2.26. The molecule has 2 heterocycles. The van der Waals surface area contributed by atoms with Crippen molar-refractivity contribution in [3.8, 4) is 0 Å². The first kappa shape index (κ1) is 13.9. The molecule has 0 saturated carbocycles. The van der Waals surface area contributed by atoms with E-state index in [1.807, 2.05) is 23.1 Å². The van der Waals surface area contributed by atoms with E-state index in [2.05, 4.69) is 32.6 Å². The minimum atomic E-state index is 0.0734. The number of urea groups is 1. The third kappa shape index (κ3) is 2.99. The van der Waals surface area contributed by atoms with Crippen LogP contribution in [0.2, 0.25) is 0 Å². The van der Waals surface area contributed by atoms with E-state index in [0.29, 0.717) is 5.92 Å². The fourth-order valence-corrected chi connectivity index (χ4v) is 3.62. The first-order chi connectivity index (χ1) is 9.74. The molecule has 2 amide bonds. The highest BCUT2D eigenvalue weighted by atomic mass is 79.9. The SMILES string of the molecule is O=C1NC(c2ccccc2Br)CN1CC1CCNCC1. The first-order valence-corrected chi connectivity index (χ1v) is 8.04. The molecule has 4 nitrogen and oxygen atoms in total. The van der Waals surface area contributed by atoms with Crippen LogP contribution in [0.25, 0.3) is 0 Å². The summed E-state index contributed by atoms with van der Waals surface area (Å²) >= 11 is 3.57. The van der Waals surface area contributed by atoms with Gasteiger partial charge in [-0.25, -0.2) is 4.79 Å². The highest BCUT2D eigenvalue weighted by Gasteiger charge is 2.32. The average molecular weight is 338 g/mol. The zero-order chi connectivity index (χ0) is 13.9. The zero-order valence-corrected chi connectivity index (χ0v) is 13.0. The topological polar surface area (TPSA) is 44.4 Å². The molecule has 0 radical (unpaired) electrons. The third-order valence-electron chi connectivity index (χ3n) is 4.21. The van der Waals surface area contributed by atoms with E-state index < -0.39 is 0 Å². The molecular weight excluding hydrogens is 318 g/mol. The largest absolute Gasteiger partial charge is 0.329 e. The highest BCUT2D eigenvalue weighted by Crippen LogP contribution is 2.28. The fraction of sp³-hybridized carbons (Fsp3) is 0.533. The number of halogens is 1. The molecule has 108 valence electrons.